The molecule has 1 amide bonds. The zero-order valence-corrected chi connectivity index (χ0v) is 12.9. The molecule has 0 radical (unpaired) electrons. The molecule has 0 aromatic heterocycles. The highest BCUT2D eigenvalue weighted by Gasteiger charge is 2.10. The van der Waals surface area contributed by atoms with E-state index in [-0.39, 0.29) is 25.0 Å². The lowest BCUT2D eigenvalue weighted by atomic mass is 9.98. The second-order valence-corrected chi connectivity index (χ2v) is 5.37. The van der Waals surface area contributed by atoms with Crippen molar-refractivity contribution in [2.75, 3.05) is 19.8 Å². The predicted octanol–water partition coefficient (Wildman–Crippen LogP) is 2.16. The Morgan fingerprint density at radius 1 is 1.35 bits per heavy atom. The van der Waals surface area contributed by atoms with Gasteiger partial charge in [0.05, 0.1) is 6.61 Å². The number of hydrogen-bond acceptors (Lipinski definition) is 3. The third-order valence-electron chi connectivity index (χ3n) is 2.72. The largest absolute Gasteiger partial charge is 0.480 e. The number of benzene rings is 1. The van der Waals surface area contributed by atoms with E-state index in [2.05, 4.69) is 21.2 Å². The molecule has 0 aliphatic heterocycles. The zero-order chi connectivity index (χ0) is 15.0. The van der Waals surface area contributed by atoms with Crippen LogP contribution in [0.3, 0.4) is 0 Å². The van der Waals surface area contributed by atoms with Crippen LogP contribution in [0, 0.1) is 0 Å². The van der Waals surface area contributed by atoms with Crippen molar-refractivity contribution in [1.29, 1.82) is 0 Å². The number of halogens is 1. The van der Waals surface area contributed by atoms with Crippen molar-refractivity contribution in [3.8, 4) is 0 Å². The smallest absolute Gasteiger partial charge is 0.329 e. The van der Waals surface area contributed by atoms with Crippen LogP contribution in [-0.4, -0.2) is 36.7 Å². The first-order valence-electron chi connectivity index (χ1n) is 6.30. The molecule has 0 spiro atoms. The first-order valence-corrected chi connectivity index (χ1v) is 7.10. The minimum atomic E-state index is -1.01. The third kappa shape index (κ3) is 6.68. The highest BCUT2D eigenvalue weighted by molar-refractivity contribution is 9.10. The van der Waals surface area contributed by atoms with Crippen molar-refractivity contribution in [3.63, 3.8) is 0 Å². The molecule has 1 atom stereocenters. The monoisotopic (exact) mass is 343 g/mol. The molecule has 0 aliphatic carbocycles. The van der Waals surface area contributed by atoms with E-state index in [4.69, 9.17) is 9.84 Å². The highest BCUT2D eigenvalue weighted by atomic mass is 79.9. The number of carbonyl (C=O) groups is 2. The molecule has 0 aliphatic rings. The Kier molecular flexibility index (Phi) is 7.25. The van der Waals surface area contributed by atoms with Crippen LogP contribution >= 0.6 is 15.9 Å². The van der Waals surface area contributed by atoms with Crippen LogP contribution in [0.25, 0.3) is 0 Å². The molecule has 0 heterocycles. The second-order valence-electron chi connectivity index (χ2n) is 4.45. The fraction of sp³-hybridized carbons (Fsp3) is 0.429. The van der Waals surface area contributed by atoms with Crippen molar-refractivity contribution >= 4 is 27.8 Å². The molecule has 0 fully saturated rings. The van der Waals surface area contributed by atoms with Gasteiger partial charge in [-0.1, -0.05) is 35.0 Å². The van der Waals surface area contributed by atoms with Gasteiger partial charge in [0.25, 0.3) is 0 Å². The van der Waals surface area contributed by atoms with Crippen LogP contribution in [-0.2, 0) is 14.3 Å². The third-order valence-corrected chi connectivity index (χ3v) is 3.25. The van der Waals surface area contributed by atoms with Crippen molar-refractivity contribution in [2.24, 2.45) is 0 Å². The first kappa shape index (κ1) is 16.7. The summed E-state index contributed by atoms with van der Waals surface area (Å²) in [5.41, 5.74) is 1.10. The van der Waals surface area contributed by atoms with E-state index in [1.165, 1.54) is 0 Å². The topological polar surface area (TPSA) is 75.6 Å². The summed E-state index contributed by atoms with van der Waals surface area (Å²) in [5, 5.41) is 11.1. The van der Waals surface area contributed by atoms with Gasteiger partial charge in [-0.15, -0.1) is 0 Å². The van der Waals surface area contributed by atoms with Crippen molar-refractivity contribution in [1.82, 2.24) is 5.32 Å². The quantitative estimate of drug-likeness (QED) is 0.709. The van der Waals surface area contributed by atoms with Gasteiger partial charge in [-0.25, -0.2) is 4.79 Å². The molecular formula is C14H18BrNO4. The molecular weight excluding hydrogens is 326 g/mol. The second kappa shape index (κ2) is 8.71. The molecule has 1 rings (SSSR count). The van der Waals surface area contributed by atoms with E-state index in [0.717, 1.165) is 10.0 Å². The van der Waals surface area contributed by atoms with Crippen LogP contribution in [0.15, 0.2) is 28.7 Å². The van der Waals surface area contributed by atoms with Crippen LogP contribution < -0.4 is 5.32 Å². The number of ether oxygens (including phenoxy) is 1. The van der Waals surface area contributed by atoms with E-state index in [9.17, 15) is 9.59 Å². The standard InChI is InChI=1S/C14H18BrNO4/c1-10(11-2-4-12(15)5-3-11)8-13(17)16-6-7-20-9-14(18)19/h2-5,10H,6-9H2,1H3,(H,16,17)(H,18,19). The number of aliphatic carboxylic acids is 1. The SMILES string of the molecule is CC(CC(=O)NCCOCC(=O)O)c1ccc(Br)cc1. The van der Waals surface area contributed by atoms with Crippen molar-refractivity contribution in [3.05, 3.63) is 34.3 Å². The summed E-state index contributed by atoms with van der Waals surface area (Å²) in [7, 11) is 0. The maximum absolute atomic E-state index is 11.7. The summed E-state index contributed by atoms with van der Waals surface area (Å²) in [6.45, 7) is 2.17. The molecule has 20 heavy (non-hydrogen) atoms. The van der Waals surface area contributed by atoms with Crippen LogP contribution in [0.5, 0.6) is 0 Å². The molecule has 5 nitrogen and oxygen atoms in total. The molecule has 1 aromatic rings. The number of carbonyl (C=O) groups excluding carboxylic acids is 1. The lowest BCUT2D eigenvalue weighted by Gasteiger charge is -2.12. The molecule has 0 saturated heterocycles. The number of nitrogens with one attached hydrogen (secondary N) is 1. The number of rotatable bonds is 8. The van der Waals surface area contributed by atoms with E-state index in [0.29, 0.717) is 13.0 Å². The Balaban J connectivity index is 2.24. The number of amides is 1. The summed E-state index contributed by atoms with van der Waals surface area (Å²) >= 11 is 3.37. The predicted molar refractivity (Wildman–Crippen MR) is 78.6 cm³/mol. The van der Waals surface area contributed by atoms with E-state index in [1.54, 1.807) is 0 Å². The molecule has 1 unspecified atom stereocenters. The van der Waals surface area contributed by atoms with Crippen LogP contribution in [0.2, 0.25) is 0 Å². The summed E-state index contributed by atoms with van der Waals surface area (Å²) in [4.78, 5) is 21.9. The molecule has 0 bridgehead atoms. The molecule has 0 saturated carbocycles. The Labute approximate surface area is 126 Å². The lowest BCUT2D eigenvalue weighted by Crippen LogP contribution is -2.28. The summed E-state index contributed by atoms with van der Waals surface area (Å²) in [6, 6.07) is 7.86. The van der Waals surface area contributed by atoms with Crippen molar-refractivity contribution in [2.45, 2.75) is 19.3 Å². The highest BCUT2D eigenvalue weighted by Crippen LogP contribution is 2.20. The van der Waals surface area contributed by atoms with Crippen molar-refractivity contribution < 1.29 is 19.4 Å². The number of hydrogen-bond donors (Lipinski definition) is 2. The minimum Gasteiger partial charge on any atom is -0.480 e. The fourth-order valence-corrected chi connectivity index (χ4v) is 1.95. The molecule has 2 N–H and O–H groups in total. The molecule has 1 aromatic carbocycles. The van der Waals surface area contributed by atoms with Gasteiger partial charge in [0.1, 0.15) is 6.61 Å². The Bertz CT molecular complexity index is 447. The van der Waals surface area contributed by atoms with Gasteiger partial charge in [-0.05, 0) is 23.6 Å². The van der Waals surface area contributed by atoms with Gasteiger partial charge in [0, 0.05) is 17.4 Å². The Hall–Kier alpha value is -1.40. The van der Waals surface area contributed by atoms with Gasteiger partial charge < -0.3 is 15.2 Å². The van der Waals surface area contributed by atoms with Gasteiger partial charge in [0.2, 0.25) is 5.91 Å². The fourth-order valence-electron chi connectivity index (χ4n) is 1.68. The van der Waals surface area contributed by atoms with E-state index in [1.807, 2.05) is 31.2 Å². The van der Waals surface area contributed by atoms with Gasteiger partial charge in [-0.3, -0.25) is 4.79 Å². The van der Waals surface area contributed by atoms with E-state index < -0.39 is 5.97 Å². The normalized spacial score (nSPS) is 11.9. The first-order chi connectivity index (χ1) is 9.49. The maximum Gasteiger partial charge on any atom is 0.329 e. The summed E-state index contributed by atoms with van der Waals surface area (Å²) in [5.74, 6) is -0.956. The number of carboxylic acids is 1. The van der Waals surface area contributed by atoms with Gasteiger partial charge >= 0.3 is 5.97 Å². The zero-order valence-electron chi connectivity index (χ0n) is 11.3. The summed E-state index contributed by atoms with van der Waals surface area (Å²) in [6.07, 6.45) is 0.389. The average Bonchev–Trinajstić information content (AvgIpc) is 2.38. The van der Waals surface area contributed by atoms with Gasteiger partial charge in [-0.2, -0.15) is 0 Å². The number of carboxylic acid groups (broad SMARTS) is 1. The minimum absolute atomic E-state index is 0.0701. The molecule has 6 heteroatoms. The van der Waals surface area contributed by atoms with Crippen LogP contribution in [0.4, 0.5) is 0 Å². The van der Waals surface area contributed by atoms with E-state index >= 15 is 0 Å². The lowest BCUT2D eigenvalue weighted by molar-refractivity contribution is -0.142. The van der Waals surface area contributed by atoms with Crippen LogP contribution in [0.1, 0.15) is 24.8 Å². The Morgan fingerprint density at radius 2 is 2.00 bits per heavy atom. The van der Waals surface area contributed by atoms with Gasteiger partial charge in [0.15, 0.2) is 0 Å². The average molecular weight is 344 g/mol. The molecule has 110 valence electrons. The maximum atomic E-state index is 11.7. The summed E-state index contributed by atoms with van der Waals surface area (Å²) < 4.78 is 5.84. The Morgan fingerprint density at radius 3 is 2.60 bits per heavy atom.